The van der Waals surface area contributed by atoms with Gasteiger partial charge in [0.2, 0.25) is 5.91 Å². The minimum atomic E-state index is -0.419. The third-order valence-corrected chi connectivity index (χ3v) is 6.13. The van der Waals surface area contributed by atoms with Gasteiger partial charge in [0.25, 0.3) is 0 Å². The van der Waals surface area contributed by atoms with Crippen LogP contribution in [0.15, 0.2) is 66.3 Å². The Morgan fingerprint density at radius 2 is 2.09 bits per heavy atom. The number of hydrogen-bond donors (Lipinski definition) is 0. The Hall–Kier alpha value is -3.33. The molecule has 1 atom stereocenters. The smallest absolute Gasteiger partial charge is 0.233 e. The Labute approximate surface area is 196 Å². The highest BCUT2D eigenvalue weighted by Crippen LogP contribution is 2.36. The Kier molecular flexibility index (Phi) is 7.29. The molecule has 172 valence electrons. The lowest BCUT2D eigenvalue weighted by molar-refractivity contribution is -0.128. The number of benzene rings is 2. The predicted molar refractivity (Wildman–Crippen MR) is 124 cm³/mol. The Morgan fingerprint density at radius 1 is 1.27 bits per heavy atom. The second-order valence-corrected chi connectivity index (χ2v) is 8.37. The number of para-hydroxylation sites is 2. The lowest BCUT2D eigenvalue weighted by atomic mass is 10.2. The fourth-order valence-corrected chi connectivity index (χ4v) is 4.40. The van der Waals surface area contributed by atoms with Crippen LogP contribution in [0, 0.1) is 5.82 Å². The zero-order valence-electron chi connectivity index (χ0n) is 18.3. The minimum Gasteiger partial charge on any atom is -0.485 e. The molecular formula is C24H25FN4O3S. The van der Waals surface area contributed by atoms with Crippen molar-refractivity contribution in [3.05, 3.63) is 78.4 Å². The van der Waals surface area contributed by atoms with Gasteiger partial charge in [-0.25, -0.2) is 4.39 Å². The first-order valence-electron chi connectivity index (χ1n) is 10.7. The van der Waals surface area contributed by atoms with Crippen LogP contribution in [0.4, 0.5) is 4.39 Å². The maximum atomic E-state index is 13.5. The molecule has 0 saturated heterocycles. The Morgan fingerprint density at radius 3 is 2.85 bits per heavy atom. The van der Waals surface area contributed by atoms with Gasteiger partial charge in [-0.2, -0.15) is 0 Å². The molecule has 1 aromatic heterocycles. The van der Waals surface area contributed by atoms with E-state index >= 15 is 0 Å². The van der Waals surface area contributed by atoms with Crippen LogP contribution in [-0.4, -0.2) is 44.5 Å². The molecular weight excluding hydrogens is 443 g/mol. The fraction of sp³-hybridized carbons (Fsp3) is 0.292. The van der Waals surface area contributed by atoms with Crippen molar-refractivity contribution in [3.63, 3.8) is 0 Å². The van der Waals surface area contributed by atoms with Crippen LogP contribution >= 0.6 is 11.8 Å². The number of halogens is 1. The first kappa shape index (κ1) is 22.8. The molecule has 1 aliphatic heterocycles. The molecule has 2 heterocycles. The maximum Gasteiger partial charge on any atom is 0.233 e. The van der Waals surface area contributed by atoms with Crippen LogP contribution in [0.25, 0.3) is 0 Å². The predicted octanol–water partition coefficient (Wildman–Crippen LogP) is 4.26. The van der Waals surface area contributed by atoms with E-state index in [1.807, 2.05) is 41.8 Å². The Balaban J connectivity index is 1.44. The molecule has 1 aliphatic rings. The molecule has 1 amide bonds. The SMILES string of the molecule is C=CCn1c(SCC(=O)N(CC)Cc2cccc(F)c2)nnc1[C@@H]1COc2ccccc2O1. The number of allylic oxidation sites excluding steroid dienone is 1. The van der Waals surface area contributed by atoms with Crippen LogP contribution in [0.5, 0.6) is 11.5 Å². The van der Waals surface area contributed by atoms with Crippen LogP contribution < -0.4 is 9.47 Å². The zero-order valence-corrected chi connectivity index (χ0v) is 19.1. The average Bonchev–Trinajstić information content (AvgIpc) is 3.23. The Bertz CT molecular complexity index is 1140. The summed E-state index contributed by atoms with van der Waals surface area (Å²) >= 11 is 1.30. The summed E-state index contributed by atoms with van der Waals surface area (Å²) in [5.41, 5.74) is 0.752. The maximum absolute atomic E-state index is 13.5. The van der Waals surface area contributed by atoms with Crippen molar-refractivity contribution in [2.45, 2.75) is 31.3 Å². The van der Waals surface area contributed by atoms with Gasteiger partial charge in [-0.1, -0.05) is 42.1 Å². The van der Waals surface area contributed by atoms with Gasteiger partial charge in [-0.15, -0.1) is 16.8 Å². The molecule has 7 nitrogen and oxygen atoms in total. The molecule has 0 spiro atoms. The normalized spacial score (nSPS) is 14.7. The number of rotatable bonds is 9. The van der Waals surface area contributed by atoms with E-state index in [9.17, 15) is 9.18 Å². The minimum absolute atomic E-state index is 0.0624. The quantitative estimate of drug-likeness (QED) is 0.345. The molecule has 0 bridgehead atoms. The third-order valence-electron chi connectivity index (χ3n) is 5.18. The number of amides is 1. The van der Waals surface area contributed by atoms with Gasteiger partial charge in [-0.3, -0.25) is 9.36 Å². The number of thioether (sulfide) groups is 1. The molecule has 0 N–H and O–H groups in total. The highest BCUT2D eigenvalue weighted by molar-refractivity contribution is 7.99. The number of carbonyl (C=O) groups is 1. The largest absolute Gasteiger partial charge is 0.485 e. The van der Waals surface area contributed by atoms with Gasteiger partial charge in [0.05, 0.1) is 5.75 Å². The van der Waals surface area contributed by atoms with Crippen molar-refractivity contribution in [1.82, 2.24) is 19.7 Å². The summed E-state index contributed by atoms with van der Waals surface area (Å²) in [5.74, 6) is 1.78. The highest BCUT2D eigenvalue weighted by Gasteiger charge is 2.28. The van der Waals surface area contributed by atoms with Gasteiger partial charge < -0.3 is 14.4 Å². The summed E-state index contributed by atoms with van der Waals surface area (Å²) in [4.78, 5) is 14.5. The summed E-state index contributed by atoms with van der Waals surface area (Å²) in [6.07, 6.45) is 1.33. The van der Waals surface area contributed by atoms with Gasteiger partial charge in [0.1, 0.15) is 12.4 Å². The van der Waals surface area contributed by atoms with Crippen molar-refractivity contribution in [3.8, 4) is 11.5 Å². The van der Waals surface area contributed by atoms with Crippen molar-refractivity contribution < 1.29 is 18.7 Å². The number of carbonyl (C=O) groups excluding carboxylic acids is 1. The third kappa shape index (κ3) is 5.36. The first-order valence-corrected chi connectivity index (χ1v) is 11.6. The molecule has 0 saturated carbocycles. The zero-order chi connectivity index (χ0) is 23.2. The molecule has 0 aliphatic carbocycles. The molecule has 9 heteroatoms. The fourth-order valence-electron chi connectivity index (χ4n) is 3.54. The number of fused-ring (bicyclic) bond motifs is 1. The van der Waals surface area contributed by atoms with Gasteiger partial charge in [0.15, 0.2) is 28.6 Å². The average molecular weight is 469 g/mol. The molecule has 33 heavy (non-hydrogen) atoms. The van der Waals surface area contributed by atoms with Crippen molar-refractivity contribution in [1.29, 1.82) is 0 Å². The number of aromatic nitrogens is 3. The van der Waals surface area contributed by atoms with Crippen molar-refractivity contribution >= 4 is 17.7 Å². The van der Waals surface area contributed by atoms with Crippen molar-refractivity contribution in [2.24, 2.45) is 0 Å². The summed E-state index contributed by atoms with van der Waals surface area (Å²) in [7, 11) is 0. The van der Waals surface area contributed by atoms with E-state index in [4.69, 9.17) is 9.47 Å². The van der Waals surface area contributed by atoms with E-state index in [1.54, 1.807) is 17.0 Å². The first-order chi connectivity index (χ1) is 16.1. The van der Waals surface area contributed by atoms with Crippen molar-refractivity contribution in [2.75, 3.05) is 18.9 Å². The molecule has 3 aromatic rings. The highest BCUT2D eigenvalue weighted by atomic mass is 32.2. The number of hydrogen-bond acceptors (Lipinski definition) is 6. The lowest BCUT2D eigenvalue weighted by Gasteiger charge is -2.26. The van der Waals surface area contributed by atoms with E-state index in [0.717, 1.165) is 5.56 Å². The van der Waals surface area contributed by atoms with Crippen LogP contribution in [0.3, 0.4) is 0 Å². The summed E-state index contributed by atoms with van der Waals surface area (Å²) in [6.45, 7) is 7.39. The van der Waals surface area contributed by atoms with E-state index in [0.29, 0.717) is 48.7 Å². The molecule has 0 unspecified atom stereocenters. The second kappa shape index (κ2) is 10.5. The molecule has 4 rings (SSSR count). The van der Waals surface area contributed by atoms with Gasteiger partial charge >= 0.3 is 0 Å². The van der Waals surface area contributed by atoms with Gasteiger partial charge in [0, 0.05) is 19.6 Å². The van der Waals surface area contributed by atoms with E-state index < -0.39 is 6.10 Å². The van der Waals surface area contributed by atoms with E-state index in [-0.39, 0.29) is 17.5 Å². The van der Waals surface area contributed by atoms with Gasteiger partial charge in [-0.05, 0) is 36.8 Å². The number of nitrogens with zero attached hydrogens (tertiary/aromatic N) is 4. The molecule has 0 fully saturated rings. The monoisotopic (exact) mass is 468 g/mol. The van der Waals surface area contributed by atoms with Crippen LogP contribution in [0.1, 0.15) is 24.4 Å². The standard InChI is InChI=1S/C24H25FN4O3S/c1-3-12-29-23(21-15-31-19-10-5-6-11-20(19)32-21)26-27-24(29)33-16-22(30)28(4-2)14-17-8-7-9-18(25)13-17/h3,5-11,13,21H,1,4,12,14-16H2,2H3/t21-/m0/s1. The number of ether oxygens (including phenoxy) is 2. The lowest BCUT2D eigenvalue weighted by Crippen LogP contribution is -2.31. The summed E-state index contributed by atoms with van der Waals surface area (Å²) in [5, 5.41) is 9.21. The molecule has 0 radical (unpaired) electrons. The molecule has 2 aromatic carbocycles. The summed E-state index contributed by atoms with van der Waals surface area (Å²) < 4.78 is 27.3. The topological polar surface area (TPSA) is 69.5 Å². The second-order valence-electron chi connectivity index (χ2n) is 7.43. The van der Waals surface area contributed by atoms with Crippen LogP contribution in [-0.2, 0) is 17.9 Å². The summed E-state index contributed by atoms with van der Waals surface area (Å²) in [6, 6.07) is 13.8. The van der Waals surface area contributed by atoms with E-state index in [2.05, 4.69) is 16.8 Å². The van der Waals surface area contributed by atoms with E-state index in [1.165, 1.54) is 23.9 Å². The van der Waals surface area contributed by atoms with Crippen LogP contribution in [0.2, 0.25) is 0 Å².